The molecule has 0 aliphatic heterocycles. The van der Waals surface area contributed by atoms with Crippen LogP contribution in [0.2, 0.25) is 0 Å². The third kappa shape index (κ3) is 3.34. The monoisotopic (exact) mass is 377 g/mol. The minimum Gasteiger partial charge on any atom is -0.476 e. The number of aromatic nitrogens is 2. The van der Waals surface area contributed by atoms with E-state index in [1.165, 1.54) is 35.4 Å². The van der Waals surface area contributed by atoms with E-state index in [1.54, 1.807) is 6.92 Å². The van der Waals surface area contributed by atoms with Crippen molar-refractivity contribution in [2.75, 3.05) is 12.4 Å². The van der Waals surface area contributed by atoms with Gasteiger partial charge in [-0.15, -0.1) is 11.3 Å². The van der Waals surface area contributed by atoms with Crippen molar-refractivity contribution in [3.8, 4) is 0 Å². The van der Waals surface area contributed by atoms with E-state index in [0.717, 1.165) is 36.1 Å². The quantitative estimate of drug-likeness (QED) is 0.775. The van der Waals surface area contributed by atoms with Crippen LogP contribution in [0.3, 0.4) is 0 Å². The highest BCUT2D eigenvalue weighted by atomic mass is 32.1. The molecule has 0 bridgehead atoms. The van der Waals surface area contributed by atoms with E-state index in [2.05, 4.69) is 10.4 Å². The fourth-order valence-electron chi connectivity index (χ4n) is 2.98. The highest BCUT2D eigenvalue weighted by molar-refractivity contribution is 7.17. The number of carbonyl (C=O) groups excluding carboxylic acids is 2. The van der Waals surface area contributed by atoms with Gasteiger partial charge < -0.3 is 15.2 Å². The summed E-state index contributed by atoms with van der Waals surface area (Å²) >= 11 is 1.40. The van der Waals surface area contributed by atoms with Crippen LogP contribution in [0.15, 0.2) is 12.3 Å². The van der Waals surface area contributed by atoms with Gasteiger partial charge in [0.15, 0.2) is 5.69 Å². The molecule has 2 heterocycles. The molecular weight excluding hydrogens is 358 g/mol. The third-order valence-electron chi connectivity index (χ3n) is 4.40. The fourth-order valence-corrected chi connectivity index (χ4v) is 4.26. The van der Waals surface area contributed by atoms with Crippen molar-refractivity contribution in [1.29, 1.82) is 0 Å². The number of carbonyl (C=O) groups is 3. The van der Waals surface area contributed by atoms with E-state index in [0.29, 0.717) is 10.6 Å². The van der Waals surface area contributed by atoms with E-state index in [4.69, 9.17) is 9.84 Å². The van der Waals surface area contributed by atoms with Crippen molar-refractivity contribution < 1.29 is 24.2 Å². The summed E-state index contributed by atoms with van der Waals surface area (Å²) in [5.41, 5.74) is 1.26. The Morgan fingerprint density at radius 2 is 2.08 bits per heavy atom. The van der Waals surface area contributed by atoms with Crippen molar-refractivity contribution in [1.82, 2.24) is 9.78 Å². The molecule has 0 saturated heterocycles. The first-order valence-electron chi connectivity index (χ1n) is 8.24. The van der Waals surface area contributed by atoms with E-state index >= 15 is 0 Å². The molecule has 2 aromatic rings. The molecule has 0 aromatic carbocycles. The van der Waals surface area contributed by atoms with Crippen molar-refractivity contribution in [3.63, 3.8) is 0 Å². The van der Waals surface area contributed by atoms with Crippen molar-refractivity contribution in [3.05, 3.63) is 34.0 Å². The molecule has 2 N–H and O–H groups in total. The lowest BCUT2D eigenvalue weighted by Crippen LogP contribution is -2.25. The smallest absolute Gasteiger partial charge is 0.356 e. The number of anilines is 1. The molecule has 1 unspecified atom stereocenters. The molecule has 0 saturated carbocycles. The van der Waals surface area contributed by atoms with Crippen LogP contribution in [0.25, 0.3) is 0 Å². The molecule has 0 radical (unpaired) electrons. The molecule has 26 heavy (non-hydrogen) atoms. The van der Waals surface area contributed by atoms with Crippen LogP contribution in [0, 0.1) is 0 Å². The fraction of sp³-hybridized carbons (Fsp3) is 0.412. The summed E-state index contributed by atoms with van der Waals surface area (Å²) in [6.07, 6.45) is 5.18. The second-order valence-corrected chi connectivity index (χ2v) is 7.16. The van der Waals surface area contributed by atoms with Gasteiger partial charge in [-0.25, -0.2) is 9.59 Å². The standard InChI is InChI=1S/C17H19N3O5S/c1-9(20-8-7-11(19-20)16(22)23)14(21)18-15-13(17(24)25-2)10-5-3-4-6-12(10)26-15/h7-9H,3-6H2,1-2H3,(H,18,21)(H,22,23). The van der Waals surface area contributed by atoms with Crippen LogP contribution in [0.4, 0.5) is 5.00 Å². The number of hydrogen-bond donors (Lipinski definition) is 2. The van der Waals surface area contributed by atoms with E-state index < -0.39 is 18.0 Å². The first-order chi connectivity index (χ1) is 12.4. The Kier molecular flexibility index (Phi) is 5.08. The van der Waals surface area contributed by atoms with Crippen molar-refractivity contribution >= 4 is 34.2 Å². The molecule has 3 rings (SSSR count). The molecule has 0 spiro atoms. The van der Waals surface area contributed by atoms with E-state index in [-0.39, 0.29) is 11.6 Å². The molecule has 0 fully saturated rings. The second kappa shape index (κ2) is 7.28. The Labute approximate surface area is 153 Å². The summed E-state index contributed by atoms with van der Waals surface area (Å²) in [7, 11) is 1.32. The number of nitrogens with one attached hydrogen (secondary N) is 1. The Balaban J connectivity index is 1.85. The summed E-state index contributed by atoms with van der Waals surface area (Å²) in [6, 6.07) is 0.600. The second-order valence-electron chi connectivity index (χ2n) is 6.06. The average molecular weight is 377 g/mol. The maximum absolute atomic E-state index is 12.6. The molecule has 1 aliphatic carbocycles. The lowest BCUT2D eigenvalue weighted by atomic mass is 9.95. The van der Waals surface area contributed by atoms with Gasteiger partial charge in [0.25, 0.3) is 0 Å². The van der Waals surface area contributed by atoms with Gasteiger partial charge in [0.1, 0.15) is 11.0 Å². The number of aryl methyl sites for hydroxylation is 1. The molecule has 9 heteroatoms. The molecule has 1 aliphatic rings. The Morgan fingerprint density at radius 1 is 1.35 bits per heavy atom. The first-order valence-corrected chi connectivity index (χ1v) is 9.06. The summed E-state index contributed by atoms with van der Waals surface area (Å²) in [5, 5.41) is 16.1. The normalized spacial score (nSPS) is 14.4. The Hall–Kier alpha value is -2.68. The van der Waals surface area contributed by atoms with Crippen LogP contribution in [-0.2, 0) is 22.4 Å². The van der Waals surface area contributed by atoms with Gasteiger partial charge in [-0.3, -0.25) is 9.48 Å². The highest BCUT2D eigenvalue weighted by Crippen LogP contribution is 2.38. The van der Waals surface area contributed by atoms with Crippen LogP contribution in [-0.4, -0.2) is 39.8 Å². The van der Waals surface area contributed by atoms with Gasteiger partial charge in [0, 0.05) is 11.1 Å². The Morgan fingerprint density at radius 3 is 2.73 bits per heavy atom. The minimum absolute atomic E-state index is 0.133. The third-order valence-corrected chi connectivity index (χ3v) is 5.61. The predicted molar refractivity (Wildman–Crippen MR) is 94.8 cm³/mol. The zero-order chi connectivity index (χ0) is 18.8. The van der Waals surface area contributed by atoms with Crippen LogP contribution in [0.1, 0.15) is 57.1 Å². The number of fused-ring (bicyclic) bond motifs is 1. The summed E-state index contributed by atoms with van der Waals surface area (Å²) in [5.74, 6) is -2.00. The van der Waals surface area contributed by atoms with E-state index in [1.807, 2.05) is 0 Å². The number of hydrogen-bond acceptors (Lipinski definition) is 6. The Bertz CT molecular complexity index is 870. The first kappa shape index (κ1) is 18.1. The SMILES string of the molecule is COC(=O)c1c(NC(=O)C(C)n2ccc(C(=O)O)n2)sc2c1CCCC2. The van der Waals surface area contributed by atoms with Crippen LogP contribution in [0.5, 0.6) is 0 Å². The number of nitrogens with zero attached hydrogens (tertiary/aromatic N) is 2. The molecule has 2 aromatic heterocycles. The number of carboxylic acid groups (broad SMARTS) is 1. The van der Waals surface area contributed by atoms with E-state index in [9.17, 15) is 14.4 Å². The highest BCUT2D eigenvalue weighted by Gasteiger charge is 2.28. The molecule has 1 atom stereocenters. The summed E-state index contributed by atoms with van der Waals surface area (Å²) < 4.78 is 6.17. The number of rotatable bonds is 5. The largest absolute Gasteiger partial charge is 0.476 e. The van der Waals surface area contributed by atoms with Gasteiger partial charge >= 0.3 is 11.9 Å². The minimum atomic E-state index is -1.16. The zero-order valence-electron chi connectivity index (χ0n) is 14.4. The maximum atomic E-state index is 12.6. The number of ether oxygens (including phenoxy) is 1. The predicted octanol–water partition coefficient (Wildman–Crippen LogP) is 2.51. The number of methoxy groups -OCH3 is 1. The summed E-state index contributed by atoms with van der Waals surface area (Å²) in [4.78, 5) is 36.9. The van der Waals surface area contributed by atoms with Gasteiger partial charge in [0.05, 0.1) is 12.7 Å². The molecule has 138 valence electrons. The lowest BCUT2D eigenvalue weighted by Gasteiger charge is -2.13. The molecular formula is C17H19N3O5S. The number of thiophene rings is 1. The zero-order valence-corrected chi connectivity index (χ0v) is 15.3. The van der Waals surface area contributed by atoms with Gasteiger partial charge in [-0.2, -0.15) is 5.10 Å². The van der Waals surface area contributed by atoms with Crippen molar-refractivity contribution in [2.45, 2.75) is 38.6 Å². The van der Waals surface area contributed by atoms with Crippen LogP contribution < -0.4 is 5.32 Å². The van der Waals surface area contributed by atoms with Crippen molar-refractivity contribution in [2.24, 2.45) is 0 Å². The van der Waals surface area contributed by atoms with Crippen LogP contribution >= 0.6 is 11.3 Å². The number of carboxylic acids is 1. The molecule has 1 amide bonds. The number of aromatic carboxylic acids is 1. The number of esters is 1. The lowest BCUT2D eigenvalue weighted by molar-refractivity contribution is -0.119. The maximum Gasteiger partial charge on any atom is 0.356 e. The topological polar surface area (TPSA) is 111 Å². The summed E-state index contributed by atoms with van der Waals surface area (Å²) in [6.45, 7) is 1.61. The van der Waals surface area contributed by atoms with Gasteiger partial charge in [0.2, 0.25) is 5.91 Å². The average Bonchev–Trinajstić information content (AvgIpc) is 3.25. The number of amides is 1. The molecule has 8 nitrogen and oxygen atoms in total. The van der Waals surface area contributed by atoms with Gasteiger partial charge in [-0.05, 0) is 44.2 Å². The van der Waals surface area contributed by atoms with Gasteiger partial charge in [-0.1, -0.05) is 0 Å².